The molecule has 0 spiro atoms. The van der Waals surface area contributed by atoms with Gasteiger partial charge in [0.1, 0.15) is 11.6 Å². The highest BCUT2D eigenvalue weighted by Crippen LogP contribution is 2.26. The average molecular weight is 266 g/mol. The van der Waals surface area contributed by atoms with Crippen molar-refractivity contribution in [3.05, 3.63) is 58.4 Å². The molecular weight excluding hydrogens is 253 g/mol. The van der Waals surface area contributed by atoms with Gasteiger partial charge in [-0.25, -0.2) is 4.39 Å². The van der Waals surface area contributed by atoms with Crippen molar-refractivity contribution < 1.29 is 9.50 Å². The summed E-state index contributed by atoms with van der Waals surface area (Å²) in [5.74, 6) is -0.0880. The van der Waals surface area contributed by atoms with Gasteiger partial charge in [0, 0.05) is 22.8 Å². The largest absolute Gasteiger partial charge is 0.508 e. The summed E-state index contributed by atoms with van der Waals surface area (Å²) in [6.45, 7) is 2.09. The van der Waals surface area contributed by atoms with Crippen LogP contribution in [-0.2, 0) is 6.54 Å². The molecular formula is C14H13ClFNO. The second-order valence-corrected chi connectivity index (χ2v) is 4.46. The summed E-state index contributed by atoms with van der Waals surface area (Å²) >= 11 is 5.99. The molecule has 0 radical (unpaired) electrons. The quantitative estimate of drug-likeness (QED) is 0.875. The zero-order valence-corrected chi connectivity index (χ0v) is 10.6. The lowest BCUT2D eigenvalue weighted by atomic mass is 10.1. The smallest absolute Gasteiger partial charge is 0.126 e. The predicted octanol–water partition coefficient (Wildman–Crippen LogP) is 4.11. The number of aryl methyl sites for hydroxylation is 1. The van der Waals surface area contributed by atoms with Crippen LogP contribution in [0.15, 0.2) is 36.4 Å². The SMILES string of the molecule is Cc1cc(NCc2c(O)cccc2Cl)ccc1F. The van der Waals surface area contributed by atoms with E-state index in [9.17, 15) is 9.50 Å². The van der Waals surface area contributed by atoms with Crippen molar-refractivity contribution in [3.8, 4) is 5.75 Å². The maximum absolute atomic E-state index is 13.1. The van der Waals surface area contributed by atoms with E-state index in [2.05, 4.69) is 5.32 Å². The fraction of sp³-hybridized carbons (Fsp3) is 0.143. The number of phenolic OH excluding ortho intramolecular Hbond substituents is 1. The molecule has 0 unspecified atom stereocenters. The normalized spacial score (nSPS) is 10.4. The van der Waals surface area contributed by atoms with Crippen molar-refractivity contribution in [1.82, 2.24) is 0 Å². The third-order valence-electron chi connectivity index (χ3n) is 2.72. The third kappa shape index (κ3) is 2.74. The maximum Gasteiger partial charge on any atom is 0.126 e. The highest BCUT2D eigenvalue weighted by Gasteiger charge is 2.06. The van der Waals surface area contributed by atoms with Crippen LogP contribution in [0.3, 0.4) is 0 Å². The average Bonchev–Trinajstić information content (AvgIpc) is 2.33. The zero-order valence-electron chi connectivity index (χ0n) is 9.87. The molecule has 0 saturated heterocycles. The van der Waals surface area contributed by atoms with Gasteiger partial charge in [-0.3, -0.25) is 0 Å². The van der Waals surface area contributed by atoms with E-state index in [4.69, 9.17) is 11.6 Å². The number of aromatic hydroxyl groups is 1. The zero-order chi connectivity index (χ0) is 13.1. The fourth-order valence-corrected chi connectivity index (χ4v) is 1.90. The Hall–Kier alpha value is -1.74. The highest BCUT2D eigenvalue weighted by atomic mass is 35.5. The number of hydrogen-bond donors (Lipinski definition) is 2. The van der Waals surface area contributed by atoms with Gasteiger partial charge in [-0.1, -0.05) is 17.7 Å². The number of rotatable bonds is 3. The van der Waals surface area contributed by atoms with Crippen molar-refractivity contribution in [3.63, 3.8) is 0 Å². The van der Waals surface area contributed by atoms with Crippen molar-refractivity contribution in [1.29, 1.82) is 0 Å². The van der Waals surface area contributed by atoms with Crippen LogP contribution in [0.25, 0.3) is 0 Å². The van der Waals surface area contributed by atoms with Gasteiger partial charge in [0.2, 0.25) is 0 Å². The summed E-state index contributed by atoms with van der Waals surface area (Å²) in [6.07, 6.45) is 0. The summed E-state index contributed by atoms with van der Waals surface area (Å²) in [6, 6.07) is 9.75. The number of halogens is 2. The Morgan fingerprint density at radius 1 is 1.28 bits per heavy atom. The highest BCUT2D eigenvalue weighted by molar-refractivity contribution is 6.31. The summed E-state index contributed by atoms with van der Waals surface area (Å²) in [5, 5.41) is 13.3. The van der Waals surface area contributed by atoms with Gasteiger partial charge >= 0.3 is 0 Å². The van der Waals surface area contributed by atoms with Crippen LogP contribution < -0.4 is 5.32 Å². The molecule has 0 amide bonds. The van der Waals surface area contributed by atoms with E-state index in [0.717, 1.165) is 5.69 Å². The van der Waals surface area contributed by atoms with Gasteiger partial charge in [0.15, 0.2) is 0 Å². The lowest BCUT2D eigenvalue weighted by Crippen LogP contribution is -2.01. The van der Waals surface area contributed by atoms with Crippen molar-refractivity contribution in [2.24, 2.45) is 0 Å². The van der Waals surface area contributed by atoms with Gasteiger partial charge in [0.05, 0.1) is 0 Å². The van der Waals surface area contributed by atoms with Gasteiger partial charge < -0.3 is 10.4 Å². The molecule has 0 heterocycles. The molecule has 4 heteroatoms. The first kappa shape index (κ1) is 12.7. The molecule has 0 aliphatic rings. The van der Waals surface area contributed by atoms with Crippen molar-refractivity contribution in [2.45, 2.75) is 13.5 Å². The number of benzene rings is 2. The minimum atomic E-state index is -0.235. The van der Waals surface area contributed by atoms with Crippen molar-refractivity contribution >= 4 is 17.3 Å². The fourth-order valence-electron chi connectivity index (χ4n) is 1.67. The Bertz CT molecular complexity index is 551. The molecule has 18 heavy (non-hydrogen) atoms. The van der Waals surface area contributed by atoms with E-state index in [-0.39, 0.29) is 11.6 Å². The lowest BCUT2D eigenvalue weighted by molar-refractivity contribution is 0.469. The molecule has 2 aromatic rings. The standard InChI is InChI=1S/C14H13ClFNO/c1-9-7-10(5-6-13(9)16)17-8-11-12(15)3-2-4-14(11)18/h2-7,17-18H,8H2,1H3. The molecule has 0 aromatic heterocycles. The Morgan fingerprint density at radius 2 is 2.06 bits per heavy atom. The summed E-state index contributed by atoms with van der Waals surface area (Å²) < 4.78 is 13.1. The minimum Gasteiger partial charge on any atom is -0.508 e. The molecule has 0 saturated carbocycles. The first-order valence-electron chi connectivity index (χ1n) is 5.54. The van der Waals surface area contributed by atoms with Crippen LogP contribution in [0.1, 0.15) is 11.1 Å². The minimum absolute atomic E-state index is 0.147. The Morgan fingerprint density at radius 3 is 2.72 bits per heavy atom. The van der Waals surface area contributed by atoms with E-state index in [1.165, 1.54) is 6.07 Å². The second-order valence-electron chi connectivity index (χ2n) is 4.06. The van der Waals surface area contributed by atoms with E-state index in [1.54, 1.807) is 37.3 Å². The summed E-state index contributed by atoms with van der Waals surface area (Å²) in [4.78, 5) is 0. The molecule has 2 aromatic carbocycles. The van der Waals surface area contributed by atoms with Gasteiger partial charge in [-0.2, -0.15) is 0 Å². The first-order valence-corrected chi connectivity index (χ1v) is 5.92. The molecule has 0 fully saturated rings. The van der Waals surface area contributed by atoms with E-state index in [0.29, 0.717) is 22.7 Å². The maximum atomic E-state index is 13.1. The van der Waals surface area contributed by atoms with Gasteiger partial charge in [0.25, 0.3) is 0 Å². The molecule has 0 bridgehead atoms. The molecule has 0 aliphatic carbocycles. The van der Waals surface area contributed by atoms with Gasteiger partial charge in [-0.05, 0) is 42.8 Å². The van der Waals surface area contributed by atoms with Crippen LogP contribution in [0.5, 0.6) is 5.75 Å². The Balaban J connectivity index is 2.14. The molecule has 94 valence electrons. The van der Waals surface area contributed by atoms with E-state index in [1.807, 2.05) is 0 Å². The molecule has 0 aliphatic heterocycles. The predicted molar refractivity (Wildman–Crippen MR) is 71.6 cm³/mol. The Labute approximate surface area is 110 Å². The second kappa shape index (κ2) is 5.27. The Kier molecular flexibility index (Phi) is 3.72. The molecule has 2 rings (SSSR count). The monoisotopic (exact) mass is 265 g/mol. The van der Waals surface area contributed by atoms with Crippen LogP contribution >= 0.6 is 11.6 Å². The van der Waals surface area contributed by atoms with Crippen molar-refractivity contribution in [2.75, 3.05) is 5.32 Å². The van der Waals surface area contributed by atoms with Gasteiger partial charge in [-0.15, -0.1) is 0 Å². The van der Waals surface area contributed by atoms with Crippen LogP contribution in [0.2, 0.25) is 5.02 Å². The number of anilines is 1. The lowest BCUT2D eigenvalue weighted by Gasteiger charge is -2.10. The van der Waals surface area contributed by atoms with Crippen LogP contribution in [0.4, 0.5) is 10.1 Å². The van der Waals surface area contributed by atoms with Crippen LogP contribution in [0, 0.1) is 12.7 Å². The number of phenols is 1. The summed E-state index contributed by atoms with van der Waals surface area (Å²) in [7, 11) is 0. The van der Waals surface area contributed by atoms with Crippen LogP contribution in [-0.4, -0.2) is 5.11 Å². The molecule has 2 N–H and O–H groups in total. The molecule has 0 atom stereocenters. The topological polar surface area (TPSA) is 32.3 Å². The molecule has 2 nitrogen and oxygen atoms in total. The van der Waals surface area contributed by atoms with E-state index < -0.39 is 0 Å². The third-order valence-corrected chi connectivity index (χ3v) is 3.08. The number of nitrogens with one attached hydrogen (secondary N) is 1. The first-order chi connectivity index (χ1) is 8.58. The number of hydrogen-bond acceptors (Lipinski definition) is 2. The summed E-state index contributed by atoms with van der Waals surface area (Å²) in [5.41, 5.74) is 1.98. The van der Waals surface area contributed by atoms with E-state index >= 15 is 0 Å².